The molecular formula is C17H10BrClFN3O3. The summed E-state index contributed by atoms with van der Waals surface area (Å²) in [6, 6.07) is 9.14. The molecule has 0 unspecified atom stereocenters. The molecule has 6 nitrogen and oxygen atoms in total. The van der Waals surface area contributed by atoms with Crippen LogP contribution in [0.15, 0.2) is 51.9 Å². The van der Waals surface area contributed by atoms with Crippen molar-refractivity contribution >= 4 is 63.0 Å². The first kappa shape index (κ1) is 18.2. The molecule has 9 heteroatoms. The molecular weight excluding hydrogens is 429 g/mol. The lowest BCUT2D eigenvalue weighted by Crippen LogP contribution is -2.58. The van der Waals surface area contributed by atoms with Crippen LogP contribution in [0.25, 0.3) is 0 Å². The molecule has 26 heavy (non-hydrogen) atoms. The summed E-state index contributed by atoms with van der Waals surface area (Å²) in [5.41, 5.74) is 0.0902. The Labute approximate surface area is 160 Å². The van der Waals surface area contributed by atoms with Crippen molar-refractivity contribution in [3.63, 3.8) is 0 Å². The molecule has 3 rings (SSSR count). The number of urea groups is 1. The fraction of sp³-hybridized carbons (Fsp3) is 0.0588. The summed E-state index contributed by atoms with van der Waals surface area (Å²) in [4.78, 5) is 41.3. The zero-order chi connectivity index (χ0) is 18.8. The van der Waals surface area contributed by atoms with Gasteiger partial charge in [0.05, 0.1) is 16.4 Å². The molecule has 0 aromatic heterocycles. The molecule has 0 radical (unpaired) electrons. The summed E-state index contributed by atoms with van der Waals surface area (Å²) in [5.74, 6) is -3.91. The van der Waals surface area contributed by atoms with Crippen molar-refractivity contribution in [3.8, 4) is 0 Å². The molecule has 1 saturated heterocycles. The van der Waals surface area contributed by atoms with Crippen molar-refractivity contribution in [1.82, 2.24) is 5.32 Å². The van der Waals surface area contributed by atoms with Crippen LogP contribution in [-0.2, 0) is 9.59 Å². The molecule has 0 aliphatic carbocycles. The third kappa shape index (κ3) is 3.51. The molecule has 0 spiro atoms. The number of amides is 4. The number of halogens is 3. The Morgan fingerprint density at radius 1 is 1.19 bits per heavy atom. The number of hydrogen-bond acceptors (Lipinski definition) is 4. The first-order valence-corrected chi connectivity index (χ1v) is 8.48. The van der Waals surface area contributed by atoms with Gasteiger partial charge in [-0.25, -0.2) is 14.1 Å². The van der Waals surface area contributed by atoms with Crippen LogP contribution in [0.1, 0.15) is 0 Å². The number of rotatable bonds is 3. The van der Waals surface area contributed by atoms with Gasteiger partial charge in [0.15, 0.2) is 5.92 Å². The van der Waals surface area contributed by atoms with Crippen LogP contribution in [0.2, 0.25) is 5.02 Å². The van der Waals surface area contributed by atoms with Gasteiger partial charge in [-0.3, -0.25) is 19.9 Å². The molecule has 1 fully saturated rings. The Morgan fingerprint density at radius 2 is 1.92 bits per heavy atom. The summed E-state index contributed by atoms with van der Waals surface area (Å²) in [6.45, 7) is 0. The van der Waals surface area contributed by atoms with Gasteiger partial charge in [0, 0.05) is 10.7 Å². The van der Waals surface area contributed by atoms with Crippen LogP contribution in [0.3, 0.4) is 0 Å². The van der Waals surface area contributed by atoms with Crippen LogP contribution in [0, 0.1) is 11.7 Å². The number of barbiturate groups is 1. The highest BCUT2D eigenvalue weighted by molar-refractivity contribution is 9.10. The molecule has 0 saturated carbocycles. The van der Waals surface area contributed by atoms with Crippen molar-refractivity contribution < 1.29 is 18.8 Å². The largest absolute Gasteiger partial charge is 0.335 e. The van der Waals surface area contributed by atoms with Crippen molar-refractivity contribution in [1.29, 1.82) is 0 Å². The number of carbonyl (C=O) groups excluding carboxylic acids is 3. The minimum absolute atomic E-state index is 0.248. The maximum Gasteiger partial charge on any atom is 0.335 e. The quantitative estimate of drug-likeness (QED) is 0.584. The number of nitrogens with one attached hydrogen (secondary N) is 1. The molecule has 132 valence electrons. The second-order valence-electron chi connectivity index (χ2n) is 5.27. The lowest BCUT2D eigenvalue weighted by atomic mass is 10.1. The number of benzene rings is 2. The molecule has 1 aliphatic heterocycles. The fourth-order valence-electron chi connectivity index (χ4n) is 2.32. The molecule has 0 bridgehead atoms. The van der Waals surface area contributed by atoms with Gasteiger partial charge in [0.25, 0.3) is 5.91 Å². The van der Waals surface area contributed by atoms with Crippen LogP contribution in [-0.4, -0.2) is 24.1 Å². The molecule has 2 aromatic carbocycles. The number of aliphatic imine (C=N–C) groups is 1. The van der Waals surface area contributed by atoms with E-state index in [2.05, 4.69) is 20.9 Å². The van der Waals surface area contributed by atoms with E-state index in [-0.39, 0.29) is 5.69 Å². The Balaban J connectivity index is 1.93. The minimum atomic E-state index is -1.40. The normalized spacial score (nSPS) is 17.7. The van der Waals surface area contributed by atoms with Crippen molar-refractivity contribution in [2.75, 3.05) is 4.90 Å². The average molecular weight is 439 g/mol. The Kier molecular flexibility index (Phi) is 5.15. The van der Waals surface area contributed by atoms with Gasteiger partial charge in [-0.05, 0) is 30.3 Å². The second-order valence-corrected chi connectivity index (χ2v) is 6.59. The van der Waals surface area contributed by atoms with Gasteiger partial charge in [-0.15, -0.1) is 0 Å². The van der Waals surface area contributed by atoms with Gasteiger partial charge < -0.3 is 0 Å². The zero-order valence-electron chi connectivity index (χ0n) is 12.9. The predicted molar refractivity (Wildman–Crippen MR) is 98.2 cm³/mol. The second kappa shape index (κ2) is 7.35. The molecule has 1 N–H and O–H groups in total. The van der Waals surface area contributed by atoms with Gasteiger partial charge in [-0.1, -0.05) is 39.7 Å². The number of anilines is 1. The monoisotopic (exact) mass is 437 g/mol. The zero-order valence-corrected chi connectivity index (χ0v) is 15.3. The highest BCUT2D eigenvalue weighted by Gasteiger charge is 2.41. The summed E-state index contributed by atoms with van der Waals surface area (Å²) in [6.07, 6.45) is 1.08. The summed E-state index contributed by atoms with van der Waals surface area (Å²) < 4.78 is 14.7. The highest BCUT2D eigenvalue weighted by atomic mass is 79.9. The topological polar surface area (TPSA) is 78.8 Å². The molecule has 1 heterocycles. The van der Waals surface area contributed by atoms with Gasteiger partial charge in [-0.2, -0.15) is 0 Å². The number of nitrogens with zero attached hydrogens (tertiary/aromatic N) is 2. The van der Waals surface area contributed by atoms with Gasteiger partial charge >= 0.3 is 6.03 Å². The number of imide groups is 2. The van der Waals surface area contributed by atoms with Crippen LogP contribution < -0.4 is 10.2 Å². The van der Waals surface area contributed by atoms with E-state index in [1.807, 2.05) is 5.32 Å². The number of carbonyl (C=O) groups is 3. The third-order valence-corrected chi connectivity index (χ3v) is 4.36. The highest BCUT2D eigenvalue weighted by Crippen LogP contribution is 2.28. The lowest BCUT2D eigenvalue weighted by molar-refractivity contribution is -0.131. The van der Waals surface area contributed by atoms with E-state index in [1.54, 1.807) is 18.2 Å². The van der Waals surface area contributed by atoms with Crippen molar-refractivity contribution in [3.05, 3.63) is 57.8 Å². The predicted octanol–water partition coefficient (Wildman–Crippen LogP) is 3.84. The standard InChI is InChI=1S/C17H10BrClFN3O3/c18-9-5-6-13(11(19)7-9)21-8-10-15(24)22-17(26)23(16(10)25)14-4-2-1-3-12(14)20/h1-8,10H,(H,22,24,26)/t10-/m1/s1. The van der Waals surface area contributed by atoms with E-state index in [9.17, 15) is 18.8 Å². The molecule has 1 atom stereocenters. The third-order valence-electron chi connectivity index (χ3n) is 3.57. The van der Waals surface area contributed by atoms with E-state index >= 15 is 0 Å². The smallest absolute Gasteiger partial charge is 0.276 e. The fourth-order valence-corrected chi connectivity index (χ4v) is 3.05. The summed E-state index contributed by atoms with van der Waals surface area (Å²) >= 11 is 9.30. The van der Waals surface area contributed by atoms with Crippen LogP contribution >= 0.6 is 27.5 Å². The summed E-state index contributed by atoms with van der Waals surface area (Å²) in [7, 11) is 0. The minimum Gasteiger partial charge on any atom is -0.276 e. The van der Waals surface area contributed by atoms with Gasteiger partial charge in [0.2, 0.25) is 5.91 Å². The van der Waals surface area contributed by atoms with Crippen molar-refractivity contribution in [2.24, 2.45) is 10.9 Å². The molecule has 4 amide bonds. The van der Waals surface area contributed by atoms with E-state index in [4.69, 9.17) is 11.6 Å². The van der Waals surface area contributed by atoms with E-state index in [0.717, 1.165) is 16.8 Å². The van der Waals surface area contributed by atoms with E-state index in [0.29, 0.717) is 15.6 Å². The maximum atomic E-state index is 14.0. The van der Waals surface area contributed by atoms with E-state index in [1.165, 1.54) is 18.2 Å². The Bertz CT molecular complexity index is 951. The number of hydrogen-bond donors (Lipinski definition) is 1. The molecule has 2 aromatic rings. The summed E-state index contributed by atoms with van der Waals surface area (Å²) in [5, 5.41) is 2.33. The SMILES string of the molecule is O=C1NC(=O)N(c2ccccc2F)C(=O)[C@@H]1C=Nc1ccc(Br)cc1Cl. The number of para-hydroxylation sites is 1. The van der Waals surface area contributed by atoms with Crippen LogP contribution in [0.4, 0.5) is 20.6 Å². The first-order chi connectivity index (χ1) is 12.4. The van der Waals surface area contributed by atoms with Crippen molar-refractivity contribution in [2.45, 2.75) is 0 Å². The lowest BCUT2D eigenvalue weighted by Gasteiger charge is -2.28. The Morgan fingerprint density at radius 3 is 2.62 bits per heavy atom. The van der Waals surface area contributed by atoms with E-state index < -0.39 is 29.6 Å². The maximum absolute atomic E-state index is 14.0. The Hall–Kier alpha value is -2.58. The average Bonchev–Trinajstić information content (AvgIpc) is 2.57. The first-order valence-electron chi connectivity index (χ1n) is 7.31. The van der Waals surface area contributed by atoms with Crippen LogP contribution in [0.5, 0.6) is 0 Å². The molecule has 1 aliphatic rings. The van der Waals surface area contributed by atoms with Gasteiger partial charge in [0.1, 0.15) is 5.82 Å².